The largest absolute Gasteiger partial charge is 0.329 e. The van der Waals surface area contributed by atoms with Crippen molar-refractivity contribution in [1.29, 1.82) is 0 Å². The number of piperazine rings is 1. The number of carbonyl (C=O) groups excluding carboxylic acids is 2. The third kappa shape index (κ3) is 2.26. The molecule has 3 aliphatic rings. The number of hydrogen-bond acceptors (Lipinski definition) is 2. The highest BCUT2D eigenvalue weighted by Crippen LogP contribution is 2.35. The second-order valence-corrected chi connectivity index (χ2v) is 6.67. The second-order valence-electron chi connectivity index (χ2n) is 6.67. The molecule has 0 bridgehead atoms. The van der Waals surface area contributed by atoms with E-state index < -0.39 is 0 Å². The third-order valence-corrected chi connectivity index (χ3v) is 4.73. The summed E-state index contributed by atoms with van der Waals surface area (Å²) in [6.07, 6.45) is 5.41. The predicted molar refractivity (Wildman–Crippen MR) is 72.4 cm³/mol. The SMILES string of the molecule is CC(C)C1C(=O)N2CCCCC2C(=O)N1CC1CC1. The minimum Gasteiger partial charge on any atom is -0.329 e. The van der Waals surface area contributed by atoms with Crippen molar-refractivity contribution in [3.8, 4) is 0 Å². The Morgan fingerprint density at radius 3 is 2.47 bits per heavy atom. The van der Waals surface area contributed by atoms with Gasteiger partial charge >= 0.3 is 0 Å². The van der Waals surface area contributed by atoms with Crippen LogP contribution in [-0.2, 0) is 9.59 Å². The zero-order valence-electron chi connectivity index (χ0n) is 12.0. The van der Waals surface area contributed by atoms with Crippen molar-refractivity contribution in [3.63, 3.8) is 0 Å². The van der Waals surface area contributed by atoms with Crippen LogP contribution in [0.5, 0.6) is 0 Å². The Balaban J connectivity index is 1.86. The lowest BCUT2D eigenvalue weighted by Crippen LogP contribution is -2.67. The van der Waals surface area contributed by atoms with Crippen LogP contribution < -0.4 is 0 Å². The van der Waals surface area contributed by atoms with Crippen LogP contribution >= 0.6 is 0 Å². The normalized spacial score (nSPS) is 31.9. The number of hydrogen-bond donors (Lipinski definition) is 0. The number of carbonyl (C=O) groups is 2. The quantitative estimate of drug-likeness (QED) is 0.777. The van der Waals surface area contributed by atoms with E-state index in [0.29, 0.717) is 5.92 Å². The van der Waals surface area contributed by atoms with E-state index in [9.17, 15) is 9.59 Å². The Morgan fingerprint density at radius 2 is 1.84 bits per heavy atom. The lowest BCUT2D eigenvalue weighted by molar-refractivity contribution is -0.166. The lowest BCUT2D eigenvalue weighted by atomic mass is 9.90. The summed E-state index contributed by atoms with van der Waals surface area (Å²) in [6.45, 7) is 5.69. The molecule has 0 radical (unpaired) electrons. The molecule has 19 heavy (non-hydrogen) atoms. The number of amides is 2. The maximum atomic E-state index is 12.7. The summed E-state index contributed by atoms with van der Waals surface area (Å²) in [4.78, 5) is 29.2. The van der Waals surface area contributed by atoms with Gasteiger partial charge in [0, 0.05) is 13.1 Å². The monoisotopic (exact) mass is 264 g/mol. The van der Waals surface area contributed by atoms with Crippen LogP contribution in [-0.4, -0.2) is 46.8 Å². The maximum Gasteiger partial charge on any atom is 0.246 e. The fourth-order valence-corrected chi connectivity index (χ4v) is 3.51. The first-order valence-corrected chi connectivity index (χ1v) is 7.70. The van der Waals surface area contributed by atoms with Crippen LogP contribution in [0.4, 0.5) is 0 Å². The highest BCUT2D eigenvalue weighted by molar-refractivity contribution is 5.97. The van der Waals surface area contributed by atoms with E-state index in [4.69, 9.17) is 0 Å². The van der Waals surface area contributed by atoms with E-state index in [1.807, 2.05) is 9.80 Å². The van der Waals surface area contributed by atoms with Crippen molar-refractivity contribution in [2.75, 3.05) is 13.1 Å². The molecule has 3 rings (SSSR count). The number of fused-ring (bicyclic) bond motifs is 1. The van der Waals surface area contributed by atoms with Crippen LogP contribution in [0.1, 0.15) is 46.0 Å². The van der Waals surface area contributed by atoms with Gasteiger partial charge in [-0.2, -0.15) is 0 Å². The lowest BCUT2D eigenvalue weighted by Gasteiger charge is -2.48. The van der Waals surface area contributed by atoms with Crippen molar-refractivity contribution >= 4 is 11.8 Å². The van der Waals surface area contributed by atoms with Crippen molar-refractivity contribution < 1.29 is 9.59 Å². The van der Waals surface area contributed by atoms with Gasteiger partial charge in [0.1, 0.15) is 12.1 Å². The summed E-state index contributed by atoms with van der Waals surface area (Å²) in [5, 5.41) is 0. The molecule has 1 aliphatic carbocycles. The van der Waals surface area contributed by atoms with Crippen LogP contribution in [0.3, 0.4) is 0 Å². The molecule has 4 nitrogen and oxygen atoms in total. The molecule has 1 saturated carbocycles. The topological polar surface area (TPSA) is 40.6 Å². The Kier molecular flexibility index (Phi) is 3.27. The smallest absolute Gasteiger partial charge is 0.246 e. The standard InChI is InChI=1S/C15H24N2O2/c1-10(2)13-15(19)16-8-4-3-5-12(16)14(18)17(13)9-11-6-7-11/h10-13H,3-9H2,1-2H3. The van der Waals surface area contributed by atoms with E-state index >= 15 is 0 Å². The van der Waals surface area contributed by atoms with Gasteiger partial charge in [-0.3, -0.25) is 9.59 Å². The molecule has 2 heterocycles. The van der Waals surface area contributed by atoms with Gasteiger partial charge in [-0.25, -0.2) is 0 Å². The maximum absolute atomic E-state index is 12.7. The van der Waals surface area contributed by atoms with Crippen molar-refractivity contribution in [2.24, 2.45) is 11.8 Å². The second kappa shape index (κ2) is 4.80. The van der Waals surface area contributed by atoms with E-state index in [0.717, 1.165) is 32.4 Å². The van der Waals surface area contributed by atoms with Gasteiger partial charge in [0.25, 0.3) is 0 Å². The number of piperidine rings is 1. The molecule has 2 aliphatic heterocycles. The molecule has 2 saturated heterocycles. The molecular weight excluding hydrogens is 240 g/mol. The van der Waals surface area contributed by atoms with Crippen molar-refractivity contribution in [1.82, 2.24) is 9.80 Å². The van der Waals surface area contributed by atoms with Crippen LogP contribution in [0.25, 0.3) is 0 Å². The predicted octanol–water partition coefficient (Wildman–Crippen LogP) is 1.64. The Labute approximate surface area is 115 Å². The van der Waals surface area contributed by atoms with E-state index in [2.05, 4.69) is 13.8 Å². The van der Waals surface area contributed by atoms with Crippen molar-refractivity contribution in [3.05, 3.63) is 0 Å². The summed E-state index contributed by atoms with van der Waals surface area (Å²) >= 11 is 0. The number of nitrogens with zero attached hydrogens (tertiary/aromatic N) is 2. The Bertz CT molecular complexity index is 390. The van der Waals surface area contributed by atoms with Gasteiger partial charge in [0.2, 0.25) is 11.8 Å². The average molecular weight is 264 g/mol. The zero-order chi connectivity index (χ0) is 13.6. The van der Waals surface area contributed by atoms with Gasteiger partial charge in [-0.1, -0.05) is 13.8 Å². The molecule has 3 fully saturated rings. The van der Waals surface area contributed by atoms with Gasteiger partial charge in [0.05, 0.1) is 0 Å². The Hall–Kier alpha value is -1.06. The molecular formula is C15H24N2O2. The molecule has 106 valence electrons. The highest BCUT2D eigenvalue weighted by Gasteiger charge is 2.48. The summed E-state index contributed by atoms with van der Waals surface area (Å²) in [7, 11) is 0. The molecule has 0 aromatic carbocycles. The highest BCUT2D eigenvalue weighted by atomic mass is 16.2. The molecule has 2 unspecified atom stereocenters. The molecule has 0 N–H and O–H groups in total. The average Bonchev–Trinajstić information content (AvgIpc) is 3.19. The van der Waals surface area contributed by atoms with Crippen LogP contribution in [0, 0.1) is 11.8 Å². The van der Waals surface area contributed by atoms with Crippen LogP contribution in [0.2, 0.25) is 0 Å². The molecule has 2 amide bonds. The molecule has 0 spiro atoms. The fraction of sp³-hybridized carbons (Fsp3) is 0.867. The van der Waals surface area contributed by atoms with E-state index in [1.165, 1.54) is 12.8 Å². The van der Waals surface area contributed by atoms with Crippen molar-refractivity contribution in [2.45, 2.75) is 58.0 Å². The summed E-state index contributed by atoms with van der Waals surface area (Å²) in [6, 6.07) is -0.377. The Morgan fingerprint density at radius 1 is 1.11 bits per heavy atom. The molecule has 2 atom stereocenters. The van der Waals surface area contributed by atoms with E-state index in [-0.39, 0.29) is 29.8 Å². The first kappa shape index (κ1) is 12.9. The van der Waals surface area contributed by atoms with Gasteiger partial charge < -0.3 is 9.80 Å². The molecule has 0 aromatic heterocycles. The minimum absolute atomic E-state index is 0.157. The molecule has 0 aromatic rings. The first-order chi connectivity index (χ1) is 9.09. The van der Waals surface area contributed by atoms with Gasteiger partial charge in [-0.15, -0.1) is 0 Å². The van der Waals surface area contributed by atoms with Crippen LogP contribution in [0.15, 0.2) is 0 Å². The zero-order valence-corrected chi connectivity index (χ0v) is 12.0. The summed E-state index contributed by atoms with van der Waals surface area (Å²) in [5.74, 6) is 1.26. The molecule has 4 heteroatoms. The van der Waals surface area contributed by atoms with Gasteiger partial charge in [0.15, 0.2) is 0 Å². The third-order valence-electron chi connectivity index (χ3n) is 4.73. The first-order valence-electron chi connectivity index (χ1n) is 7.70. The van der Waals surface area contributed by atoms with E-state index in [1.54, 1.807) is 0 Å². The fourth-order valence-electron chi connectivity index (χ4n) is 3.51. The summed E-state index contributed by atoms with van der Waals surface area (Å²) < 4.78 is 0. The van der Waals surface area contributed by atoms with Gasteiger partial charge in [-0.05, 0) is 43.9 Å². The number of rotatable bonds is 3. The summed E-state index contributed by atoms with van der Waals surface area (Å²) in [5.41, 5.74) is 0. The minimum atomic E-state index is -0.220.